The van der Waals surface area contributed by atoms with Crippen molar-refractivity contribution in [2.45, 2.75) is 135 Å². The molecule has 0 aliphatic heterocycles. The third-order valence-corrected chi connectivity index (χ3v) is 8.76. The lowest BCUT2D eigenvalue weighted by molar-refractivity contribution is -0.887. The Morgan fingerprint density at radius 3 is 1.60 bits per heavy atom. The van der Waals surface area contributed by atoms with Crippen LogP contribution in [0.4, 0.5) is 0 Å². The fourth-order valence-corrected chi connectivity index (χ4v) is 5.41. The number of allylic oxidation sites excluding steroid dienone is 20. The zero-order chi connectivity index (χ0) is 42.8. The van der Waals surface area contributed by atoms with Crippen LogP contribution < -0.4 is 0 Å². The van der Waals surface area contributed by atoms with E-state index >= 15 is 0 Å². The highest BCUT2D eigenvalue weighted by Gasteiger charge is 2.31. The number of rotatable bonds is 36. The number of hydrogen-bond donors (Lipinski definition) is 1. The average Bonchev–Trinajstić information content (AvgIpc) is 3.18. The number of esters is 2. The van der Waals surface area contributed by atoms with E-state index < -0.39 is 18.1 Å². The van der Waals surface area contributed by atoms with Gasteiger partial charge in [-0.05, 0) is 70.6 Å². The fourth-order valence-electron chi connectivity index (χ4n) is 5.41. The molecule has 0 aliphatic rings. The van der Waals surface area contributed by atoms with Crippen molar-refractivity contribution in [2.75, 3.05) is 41.0 Å². The van der Waals surface area contributed by atoms with Crippen molar-refractivity contribution in [1.82, 2.24) is 0 Å². The van der Waals surface area contributed by atoms with Crippen molar-refractivity contribution in [3.63, 3.8) is 0 Å². The number of quaternary nitrogens is 1. The standard InChI is InChI=1S/C50H77NO7/c1-6-8-10-12-14-16-18-20-22-24-26-28-30-32-34-36-38-40-48(52)57-45-46(44-56-43-42-47(50(54)55)51(3,4)5)58-49(53)41-39-37-35-33-31-29-27-25-23-21-19-17-15-13-11-9-7-2/h8,10,12,14-18,20-24,26-30,33,35,46-47H,6-7,9,11,13,19,25,31-32,34,36-45H2,1-5H3/p+1/b10-8+,14-12+,17-15+,18-16+,22-20+,23-21+,26-24+,29-27+,30-28+,35-33+. The summed E-state index contributed by atoms with van der Waals surface area (Å²) in [4.78, 5) is 36.9. The molecule has 0 saturated heterocycles. The molecule has 2 unspecified atom stereocenters. The van der Waals surface area contributed by atoms with Gasteiger partial charge in [-0.2, -0.15) is 0 Å². The number of carboxylic acids is 1. The van der Waals surface area contributed by atoms with Crippen LogP contribution in [0.3, 0.4) is 0 Å². The van der Waals surface area contributed by atoms with E-state index in [0.717, 1.165) is 51.4 Å². The van der Waals surface area contributed by atoms with E-state index in [1.54, 1.807) is 0 Å². The van der Waals surface area contributed by atoms with Crippen LogP contribution in [0.1, 0.15) is 123 Å². The van der Waals surface area contributed by atoms with E-state index in [4.69, 9.17) is 14.2 Å². The van der Waals surface area contributed by atoms with E-state index in [2.05, 4.69) is 74.6 Å². The van der Waals surface area contributed by atoms with Crippen LogP contribution in [0.5, 0.6) is 0 Å². The molecule has 8 heteroatoms. The third-order valence-electron chi connectivity index (χ3n) is 8.76. The van der Waals surface area contributed by atoms with Crippen LogP contribution in [0.2, 0.25) is 0 Å². The van der Waals surface area contributed by atoms with Gasteiger partial charge in [0.05, 0.1) is 34.4 Å². The maximum Gasteiger partial charge on any atom is 0.362 e. The van der Waals surface area contributed by atoms with Gasteiger partial charge in [-0.25, -0.2) is 4.79 Å². The molecule has 1 N–H and O–H groups in total. The lowest BCUT2D eigenvalue weighted by Crippen LogP contribution is -2.50. The summed E-state index contributed by atoms with van der Waals surface area (Å²) in [5, 5.41) is 9.62. The second kappa shape index (κ2) is 39.6. The number of likely N-dealkylation sites (N-methyl/N-ethyl adjacent to an activating group) is 1. The molecule has 0 bridgehead atoms. The summed E-state index contributed by atoms with van der Waals surface area (Å²) in [6.07, 6.45) is 55.3. The van der Waals surface area contributed by atoms with Crippen molar-refractivity contribution >= 4 is 17.9 Å². The molecule has 0 saturated carbocycles. The lowest BCUT2D eigenvalue weighted by Gasteiger charge is -2.31. The van der Waals surface area contributed by atoms with E-state index in [9.17, 15) is 19.5 Å². The van der Waals surface area contributed by atoms with Gasteiger partial charge in [-0.1, -0.05) is 155 Å². The molecular weight excluding hydrogens is 727 g/mol. The monoisotopic (exact) mass is 805 g/mol. The Hall–Kier alpha value is -4.27. The Bertz CT molecular complexity index is 1350. The van der Waals surface area contributed by atoms with Gasteiger partial charge in [-0.15, -0.1) is 0 Å². The lowest BCUT2D eigenvalue weighted by atomic mass is 10.1. The van der Waals surface area contributed by atoms with Crippen molar-refractivity contribution < 1.29 is 38.2 Å². The topological polar surface area (TPSA) is 99.1 Å². The number of nitrogens with zero attached hydrogens (tertiary/aromatic N) is 1. The molecule has 8 nitrogen and oxygen atoms in total. The highest BCUT2D eigenvalue weighted by atomic mass is 16.6. The minimum Gasteiger partial charge on any atom is -0.477 e. The summed E-state index contributed by atoms with van der Waals surface area (Å²) < 4.78 is 17.2. The van der Waals surface area contributed by atoms with Crippen molar-refractivity contribution in [3.05, 3.63) is 122 Å². The summed E-state index contributed by atoms with van der Waals surface area (Å²) >= 11 is 0. The first-order valence-electron chi connectivity index (χ1n) is 21.7. The maximum absolute atomic E-state index is 12.7. The molecule has 0 aromatic heterocycles. The van der Waals surface area contributed by atoms with Crippen LogP contribution in [0.25, 0.3) is 0 Å². The molecule has 0 aromatic rings. The predicted molar refractivity (Wildman–Crippen MR) is 242 cm³/mol. The molecule has 2 atom stereocenters. The van der Waals surface area contributed by atoms with Gasteiger partial charge in [0.15, 0.2) is 12.1 Å². The van der Waals surface area contributed by atoms with Gasteiger partial charge in [0.1, 0.15) is 6.61 Å². The van der Waals surface area contributed by atoms with Crippen molar-refractivity contribution in [3.8, 4) is 0 Å². The smallest absolute Gasteiger partial charge is 0.362 e. The summed E-state index contributed by atoms with van der Waals surface area (Å²) in [6, 6.07) is -0.640. The second-order valence-electron chi connectivity index (χ2n) is 15.0. The first-order chi connectivity index (χ1) is 28.1. The second-order valence-corrected chi connectivity index (χ2v) is 15.0. The number of carbonyl (C=O) groups excluding carboxylic acids is 2. The van der Waals surface area contributed by atoms with Gasteiger partial charge < -0.3 is 23.8 Å². The van der Waals surface area contributed by atoms with Gasteiger partial charge in [0.25, 0.3) is 0 Å². The summed E-state index contributed by atoms with van der Waals surface area (Å²) in [5.74, 6) is -1.62. The zero-order valence-electron chi connectivity index (χ0n) is 36.7. The number of aliphatic carboxylic acids is 1. The highest BCUT2D eigenvalue weighted by Crippen LogP contribution is 2.11. The first-order valence-corrected chi connectivity index (χ1v) is 21.7. The quantitative estimate of drug-likeness (QED) is 0.0221. The molecule has 324 valence electrons. The van der Waals surface area contributed by atoms with E-state index in [1.165, 1.54) is 25.7 Å². The largest absolute Gasteiger partial charge is 0.477 e. The fraction of sp³-hybridized carbons (Fsp3) is 0.540. The van der Waals surface area contributed by atoms with Crippen LogP contribution >= 0.6 is 0 Å². The number of ether oxygens (including phenoxy) is 3. The predicted octanol–water partition coefficient (Wildman–Crippen LogP) is 11.9. The van der Waals surface area contributed by atoms with E-state index in [1.807, 2.05) is 81.9 Å². The molecule has 0 aromatic carbocycles. The van der Waals surface area contributed by atoms with E-state index in [0.29, 0.717) is 19.3 Å². The third kappa shape index (κ3) is 37.3. The van der Waals surface area contributed by atoms with Crippen LogP contribution in [0, 0.1) is 0 Å². The van der Waals surface area contributed by atoms with Crippen LogP contribution in [0.15, 0.2) is 122 Å². The van der Waals surface area contributed by atoms with Crippen molar-refractivity contribution in [2.24, 2.45) is 0 Å². The molecule has 0 amide bonds. The SMILES string of the molecule is CC/C=C/C=C/C=C/C=C/C=C/C=C/CCCCCC(=O)OCC(COCCC(C(=O)O)[N+](C)(C)C)OC(=O)CCC/C=C/C/C=C/C/C=C/C/C=C/CCCCC. The van der Waals surface area contributed by atoms with Crippen LogP contribution in [-0.4, -0.2) is 80.6 Å². The number of unbranched alkanes of at least 4 members (excludes halogenated alkanes) is 7. The Morgan fingerprint density at radius 1 is 0.552 bits per heavy atom. The van der Waals surface area contributed by atoms with Crippen molar-refractivity contribution in [1.29, 1.82) is 0 Å². The zero-order valence-corrected chi connectivity index (χ0v) is 36.7. The minimum absolute atomic E-state index is 0.0151. The number of carbonyl (C=O) groups is 3. The molecule has 0 fully saturated rings. The summed E-state index contributed by atoms with van der Waals surface area (Å²) in [5.41, 5.74) is 0. The normalized spacial score (nSPS) is 14.2. The molecule has 0 radical (unpaired) electrons. The van der Waals surface area contributed by atoms with E-state index in [-0.39, 0.29) is 49.1 Å². The molecule has 0 aliphatic carbocycles. The Kier molecular flexibility index (Phi) is 36.6. The molecular formula is C50H78NO7+. The first kappa shape index (κ1) is 53.7. The average molecular weight is 805 g/mol. The summed E-state index contributed by atoms with van der Waals surface area (Å²) in [7, 11) is 5.47. The van der Waals surface area contributed by atoms with Gasteiger partial charge in [0.2, 0.25) is 0 Å². The Morgan fingerprint density at radius 2 is 1.05 bits per heavy atom. The van der Waals surface area contributed by atoms with Gasteiger partial charge in [-0.3, -0.25) is 9.59 Å². The molecule has 58 heavy (non-hydrogen) atoms. The molecule has 0 spiro atoms. The number of carboxylic acid groups (broad SMARTS) is 1. The highest BCUT2D eigenvalue weighted by molar-refractivity contribution is 5.72. The Balaban J connectivity index is 4.59. The van der Waals surface area contributed by atoms with Gasteiger partial charge >= 0.3 is 17.9 Å². The minimum atomic E-state index is -0.897. The Labute approximate surface area is 352 Å². The maximum atomic E-state index is 12.7. The number of hydrogen-bond acceptors (Lipinski definition) is 6. The molecule has 0 heterocycles. The van der Waals surface area contributed by atoms with Crippen LogP contribution in [-0.2, 0) is 28.6 Å². The molecule has 0 rings (SSSR count). The van der Waals surface area contributed by atoms with Gasteiger partial charge in [0, 0.05) is 19.3 Å². The summed E-state index contributed by atoms with van der Waals surface area (Å²) in [6.45, 7) is 4.42.